The third-order valence-electron chi connectivity index (χ3n) is 6.43. The van der Waals surface area contributed by atoms with Gasteiger partial charge in [0.05, 0.1) is 13.1 Å². The van der Waals surface area contributed by atoms with Crippen LogP contribution in [-0.4, -0.2) is 57.1 Å². The molecule has 1 aliphatic rings. The lowest BCUT2D eigenvalue weighted by Gasteiger charge is -2.27. The van der Waals surface area contributed by atoms with Gasteiger partial charge in [-0.2, -0.15) is 0 Å². The number of aryl methyl sites for hydroxylation is 1. The number of imidazole rings is 1. The second kappa shape index (κ2) is 10.0. The minimum Gasteiger partial charge on any atom is -0.491 e. The van der Waals surface area contributed by atoms with Crippen molar-refractivity contribution in [1.82, 2.24) is 29.8 Å². The van der Waals surface area contributed by atoms with Gasteiger partial charge in [-0.3, -0.25) is 0 Å². The lowest BCUT2D eigenvalue weighted by molar-refractivity contribution is 0.142. The van der Waals surface area contributed by atoms with Gasteiger partial charge in [-0.1, -0.05) is 19.9 Å². The highest BCUT2D eigenvalue weighted by Gasteiger charge is 2.24. The number of nitrogens with zero attached hydrogens (tertiary/aromatic N) is 6. The van der Waals surface area contributed by atoms with Gasteiger partial charge in [0.15, 0.2) is 11.5 Å². The summed E-state index contributed by atoms with van der Waals surface area (Å²) >= 11 is 0. The van der Waals surface area contributed by atoms with Crippen molar-refractivity contribution in [2.24, 2.45) is 0 Å². The summed E-state index contributed by atoms with van der Waals surface area (Å²) in [5.74, 6) is 2.46. The molecule has 194 valence electrons. The summed E-state index contributed by atoms with van der Waals surface area (Å²) in [5, 5.41) is 0. The summed E-state index contributed by atoms with van der Waals surface area (Å²) in [6.07, 6.45) is -1.00. The smallest absolute Gasteiger partial charge is 0.295 e. The van der Waals surface area contributed by atoms with Crippen LogP contribution in [0.3, 0.4) is 0 Å². The minimum atomic E-state index is -2.67. The molecule has 0 amide bonds. The summed E-state index contributed by atoms with van der Waals surface area (Å²) in [6, 6.07) is 7.77. The summed E-state index contributed by atoms with van der Waals surface area (Å²) < 4.78 is 32.2. The first kappa shape index (κ1) is 25.0. The van der Waals surface area contributed by atoms with E-state index in [2.05, 4.69) is 51.6 Å². The van der Waals surface area contributed by atoms with Gasteiger partial charge in [0, 0.05) is 35.1 Å². The highest BCUT2D eigenvalue weighted by molar-refractivity contribution is 5.78. The average Bonchev–Trinajstić information content (AvgIpc) is 3.15. The van der Waals surface area contributed by atoms with E-state index >= 15 is 0 Å². The third-order valence-corrected chi connectivity index (χ3v) is 6.43. The van der Waals surface area contributed by atoms with Crippen molar-refractivity contribution in [3.63, 3.8) is 0 Å². The monoisotopic (exact) mass is 507 g/mol. The Kier molecular flexibility index (Phi) is 6.76. The van der Waals surface area contributed by atoms with E-state index in [9.17, 15) is 8.78 Å². The molecule has 0 atom stereocenters. The van der Waals surface area contributed by atoms with Crippen molar-refractivity contribution in [2.45, 2.75) is 46.2 Å². The second-order valence-electron chi connectivity index (χ2n) is 9.96. The van der Waals surface area contributed by atoms with Gasteiger partial charge in [0.1, 0.15) is 29.5 Å². The highest BCUT2D eigenvalue weighted by atomic mass is 19.3. The normalized spacial score (nSPS) is 13.9. The fourth-order valence-corrected chi connectivity index (χ4v) is 4.82. The van der Waals surface area contributed by atoms with Gasteiger partial charge in [-0.05, 0) is 50.7 Å². The van der Waals surface area contributed by atoms with E-state index in [1.165, 1.54) is 0 Å². The number of H-pyrrole nitrogens is 1. The molecule has 0 fully saturated rings. The molecule has 0 saturated heterocycles. The predicted molar refractivity (Wildman–Crippen MR) is 139 cm³/mol. The fraction of sp³-hybridized carbons (Fsp3) is 0.407. The van der Waals surface area contributed by atoms with Gasteiger partial charge < -0.3 is 19.5 Å². The number of hydrogen-bond donors (Lipinski definition) is 1. The number of alkyl halides is 2. The molecule has 0 saturated carbocycles. The van der Waals surface area contributed by atoms with Crippen LogP contribution in [0.4, 0.5) is 14.6 Å². The van der Waals surface area contributed by atoms with Crippen LogP contribution in [0.5, 0.6) is 5.75 Å². The molecule has 4 heterocycles. The number of fused-ring (bicyclic) bond motifs is 2. The summed E-state index contributed by atoms with van der Waals surface area (Å²) in [7, 11) is 4.02. The van der Waals surface area contributed by atoms with Crippen molar-refractivity contribution in [3.05, 3.63) is 58.9 Å². The largest absolute Gasteiger partial charge is 0.491 e. The standard InChI is InChI=1S/C27H31F2N7O/c1-15(2)23-16(3)31-22(14-35(4)5)33-27(23)36-8-9-37-21-7-6-17(10-19(21)13-36)18-11-20-25(30-12-18)34-26(32-20)24(28)29/h6-7,10-12,15,24H,8-9,13-14H2,1-5H3,(H,30,32,34). The van der Waals surface area contributed by atoms with Gasteiger partial charge >= 0.3 is 0 Å². The summed E-state index contributed by atoms with van der Waals surface area (Å²) in [4.78, 5) is 25.0. The first-order chi connectivity index (χ1) is 17.7. The maximum Gasteiger partial charge on any atom is 0.295 e. The molecule has 5 rings (SSSR count). The first-order valence-electron chi connectivity index (χ1n) is 12.4. The number of halogens is 2. The zero-order valence-electron chi connectivity index (χ0n) is 21.7. The van der Waals surface area contributed by atoms with Crippen molar-refractivity contribution in [1.29, 1.82) is 0 Å². The number of ether oxygens (including phenoxy) is 1. The van der Waals surface area contributed by atoms with Crippen LogP contribution < -0.4 is 9.64 Å². The van der Waals surface area contributed by atoms with Crippen molar-refractivity contribution in [3.8, 4) is 16.9 Å². The lowest BCUT2D eigenvalue weighted by atomic mass is 10.0. The Morgan fingerprint density at radius 1 is 1.11 bits per heavy atom. The van der Waals surface area contributed by atoms with Crippen molar-refractivity contribution < 1.29 is 13.5 Å². The Labute approximate surface area is 214 Å². The number of aromatic amines is 1. The number of nitrogens with one attached hydrogen (secondary N) is 1. The average molecular weight is 508 g/mol. The maximum atomic E-state index is 13.1. The lowest BCUT2D eigenvalue weighted by Crippen LogP contribution is -2.29. The van der Waals surface area contributed by atoms with Crippen LogP contribution in [0.25, 0.3) is 22.3 Å². The number of benzene rings is 1. The van der Waals surface area contributed by atoms with E-state index in [1.54, 1.807) is 12.3 Å². The molecule has 0 radical (unpaired) electrons. The Bertz CT molecular complexity index is 1430. The Morgan fingerprint density at radius 3 is 2.65 bits per heavy atom. The van der Waals surface area contributed by atoms with Crippen LogP contribution in [0.2, 0.25) is 0 Å². The molecule has 4 aromatic rings. The zero-order valence-corrected chi connectivity index (χ0v) is 21.7. The molecule has 8 nitrogen and oxygen atoms in total. The van der Waals surface area contributed by atoms with Crippen LogP contribution in [-0.2, 0) is 13.1 Å². The van der Waals surface area contributed by atoms with E-state index in [0.717, 1.165) is 45.3 Å². The van der Waals surface area contributed by atoms with Gasteiger partial charge in [0.2, 0.25) is 0 Å². The molecule has 1 aliphatic heterocycles. The second-order valence-corrected chi connectivity index (χ2v) is 9.96. The molecule has 0 spiro atoms. The van der Waals surface area contributed by atoms with E-state index in [4.69, 9.17) is 14.7 Å². The molecule has 0 bridgehead atoms. The molecular weight excluding hydrogens is 476 g/mol. The van der Waals surface area contributed by atoms with Crippen LogP contribution in [0.15, 0.2) is 30.5 Å². The molecule has 10 heteroatoms. The molecule has 3 aromatic heterocycles. The van der Waals surface area contributed by atoms with Crippen LogP contribution >= 0.6 is 0 Å². The van der Waals surface area contributed by atoms with Crippen LogP contribution in [0, 0.1) is 6.92 Å². The predicted octanol–water partition coefficient (Wildman–Crippen LogP) is 5.24. The molecule has 1 aromatic carbocycles. The number of anilines is 1. The zero-order chi connectivity index (χ0) is 26.3. The Hall–Kier alpha value is -3.66. The number of hydrogen-bond acceptors (Lipinski definition) is 7. The van der Waals surface area contributed by atoms with Gasteiger partial charge in [-0.25, -0.2) is 28.7 Å². The van der Waals surface area contributed by atoms with Gasteiger partial charge in [0.25, 0.3) is 6.43 Å². The maximum absolute atomic E-state index is 13.1. The Morgan fingerprint density at radius 2 is 1.92 bits per heavy atom. The topological polar surface area (TPSA) is 83.1 Å². The quantitative estimate of drug-likeness (QED) is 0.382. The Balaban J connectivity index is 1.52. The highest BCUT2D eigenvalue weighted by Crippen LogP contribution is 2.34. The third kappa shape index (κ3) is 5.11. The number of aromatic nitrogens is 5. The van der Waals surface area contributed by atoms with Gasteiger partial charge in [-0.15, -0.1) is 0 Å². The number of pyridine rings is 1. The summed E-state index contributed by atoms with van der Waals surface area (Å²) in [6.45, 7) is 8.89. The first-order valence-corrected chi connectivity index (χ1v) is 12.4. The van der Waals surface area contributed by atoms with E-state index in [1.807, 2.05) is 26.2 Å². The molecule has 0 aliphatic carbocycles. The molecule has 0 unspecified atom stereocenters. The van der Waals surface area contributed by atoms with Crippen LogP contribution in [0.1, 0.15) is 54.7 Å². The molecular formula is C27H31F2N7O. The molecule has 1 N–H and O–H groups in total. The SMILES string of the molecule is Cc1nc(CN(C)C)nc(N2CCOc3ccc(-c4cnc5[nH]c(C(F)F)nc5c4)cc3C2)c1C(C)C. The van der Waals surface area contributed by atoms with Crippen molar-refractivity contribution in [2.75, 3.05) is 32.1 Å². The number of rotatable bonds is 6. The van der Waals surface area contributed by atoms with E-state index in [-0.39, 0.29) is 11.7 Å². The molecule has 37 heavy (non-hydrogen) atoms. The fourth-order valence-electron chi connectivity index (χ4n) is 4.82. The minimum absolute atomic E-state index is 0.267. The van der Waals surface area contributed by atoms with E-state index in [0.29, 0.717) is 37.4 Å². The summed E-state index contributed by atoms with van der Waals surface area (Å²) in [5.41, 5.74) is 5.63. The van der Waals surface area contributed by atoms with E-state index < -0.39 is 6.43 Å². The van der Waals surface area contributed by atoms with Crippen molar-refractivity contribution >= 4 is 17.0 Å².